The number of nitrogens with zero attached hydrogens (tertiary/aromatic N) is 2. The van der Waals surface area contributed by atoms with E-state index < -0.39 is 0 Å². The summed E-state index contributed by atoms with van der Waals surface area (Å²) in [5.74, 6) is 1.67. The second-order valence-electron chi connectivity index (χ2n) is 6.17. The van der Waals surface area contributed by atoms with Crippen molar-refractivity contribution in [3.8, 4) is 0 Å². The summed E-state index contributed by atoms with van der Waals surface area (Å²) in [4.78, 5) is 8.72. The van der Waals surface area contributed by atoms with E-state index in [1.807, 2.05) is 20.8 Å². The van der Waals surface area contributed by atoms with Crippen molar-refractivity contribution in [2.24, 2.45) is 5.92 Å². The fraction of sp³-hybridized carbons (Fsp3) is 0.733. The Balaban J connectivity index is 2.76. The Morgan fingerprint density at radius 2 is 1.85 bits per heavy atom. The van der Waals surface area contributed by atoms with Crippen molar-refractivity contribution >= 4 is 17.4 Å². The molecule has 0 aromatic carbocycles. The van der Waals surface area contributed by atoms with Crippen LogP contribution in [0, 0.1) is 5.92 Å². The van der Waals surface area contributed by atoms with Crippen molar-refractivity contribution in [1.29, 1.82) is 0 Å². The van der Waals surface area contributed by atoms with E-state index in [4.69, 9.17) is 11.6 Å². The van der Waals surface area contributed by atoms with Crippen molar-refractivity contribution in [3.05, 3.63) is 17.0 Å². The van der Waals surface area contributed by atoms with Gasteiger partial charge in [0.15, 0.2) is 0 Å². The molecule has 0 aliphatic rings. The third kappa shape index (κ3) is 4.91. The lowest BCUT2D eigenvalue weighted by Gasteiger charge is -2.22. The van der Waals surface area contributed by atoms with Gasteiger partial charge in [-0.05, 0) is 5.92 Å². The minimum atomic E-state index is -0.378. The molecule has 1 rings (SSSR count). The number of halogens is 1. The van der Waals surface area contributed by atoms with Gasteiger partial charge in [-0.15, -0.1) is 0 Å². The average Bonchev–Trinajstić information content (AvgIpc) is 2.36. The van der Waals surface area contributed by atoms with Crippen LogP contribution in [-0.2, 0) is 5.41 Å². The van der Waals surface area contributed by atoms with Gasteiger partial charge in [0.1, 0.15) is 16.8 Å². The number of hydrogen-bond acceptors (Lipinski definition) is 4. The minimum absolute atomic E-state index is 0.157. The maximum atomic E-state index is 10.1. The third-order valence-electron chi connectivity index (χ3n) is 3.45. The molecule has 0 bridgehead atoms. The van der Waals surface area contributed by atoms with E-state index in [0.29, 0.717) is 29.3 Å². The smallest absolute Gasteiger partial charge is 0.137 e. The van der Waals surface area contributed by atoms with Gasteiger partial charge in [-0.3, -0.25) is 0 Å². The number of hydrogen-bond donors (Lipinski definition) is 2. The molecule has 0 aliphatic heterocycles. The van der Waals surface area contributed by atoms with E-state index in [2.05, 4.69) is 29.1 Å². The summed E-state index contributed by atoms with van der Waals surface area (Å²) < 4.78 is 0. The van der Waals surface area contributed by atoms with E-state index in [0.717, 1.165) is 12.8 Å². The molecule has 5 heteroatoms. The molecule has 0 aliphatic carbocycles. The van der Waals surface area contributed by atoms with E-state index in [1.165, 1.54) is 0 Å². The molecule has 1 atom stereocenters. The van der Waals surface area contributed by atoms with Gasteiger partial charge in [-0.1, -0.05) is 59.1 Å². The number of rotatable bonds is 6. The lowest BCUT2D eigenvalue weighted by Crippen LogP contribution is -2.28. The average molecular weight is 300 g/mol. The lowest BCUT2D eigenvalue weighted by molar-refractivity contribution is 0.114. The molecule has 1 aromatic heterocycles. The van der Waals surface area contributed by atoms with Crippen molar-refractivity contribution in [2.75, 3.05) is 11.9 Å². The highest BCUT2D eigenvalue weighted by Gasteiger charge is 2.20. The highest BCUT2D eigenvalue weighted by Crippen LogP contribution is 2.22. The SMILES string of the molecule is CCC(CC)C(O)CNc1cc(Cl)nc(C(C)(C)C)n1. The first-order valence-electron chi connectivity index (χ1n) is 7.24. The second-order valence-corrected chi connectivity index (χ2v) is 6.56. The maximum Gasteiger partial charge on any atom is 0.137 e. The topological polar surface area (TPSA) is 58.0 Å². The number of nitrogens with one attached hydrogen (secondary N) is 1. The summed E-state index contributed by atoms with van der Waals surface area (Å²) in [7, 11) is 0. The summed E-state index contributed by atoms with van der Waals surface area (Å²) in [6.07, 6.45) is 1.56. The predicted octanol–water partition coefficient (Wildman–Crippen LogP) is 3.64. The van der Waals surface area contributed by atoms with Crippen LogP contribution in [0.5, 0.6) is 0 Å². The number of aromatic nitrogens is 2. The van der Waals surface area contributed by atoms with Gasteiger partial charge in [0.2, 0.25) is 0 Å². The highest BCUT2D eigenvalue weighted by atomic mass is 35.5. The quantitative estimate of drug-likeness (QED) is 0.788. The van der Waals surface area contributed by atoms with E-state index in [-0.39, 0.29) is 11.5 Å². The molecule has 2 N–H and O–H groups in total. The molecule has 1 heterocycles. The fourth-order valence-corrected chi connectivity index (χ4v) is 2.24. The molecule has 0 radical (unpaired) electrons. The Morgan fingerprint density at radius 1 is 1.25 bits per heavy atom. The van der Waals surface area contributed by atoms with Crippen molar-refractivity contribution in [3.63, 3.8) is 0 Å². The summed E-state index contributed by atoms with van der Waals surface area (Å²) in [6, 6.07) is 1.69. The summed E-state index contributed by atoms with van der Waals surface area (Å²) in [5.41, 5.74) is -0.157. The molecule has 1 unspecified atom stereocenters. The van der Waals surface area contributed by atoms with E-state index in [9.17, 15) is 5.11 Å². The number of anilines is 1. The Bertz CT molecular complexity index is 428. The molecule has 1 aromatic rings. The van der Waals surface area contributed by atoms with Gasteiger partial charge in [0, 0.05) is 18.0 Å². The number of aliphatic hydroxyl groups excluding tert-OH is 1. The fourth-order valence-electron chi connectivity index (χ4n) is 2.05. The van der Waals surface area contributed by atoms with Gasteiger partial charge in [0.05, 0.1) is 6.10 Å². The van der Waals surface area contributed by atoms with E-state index in [1.54, 1.807) is 6.07 Å². The van der Waals surface area contributed by atoms with Crippen LogP contribution in [0.1, 0.15) is 53.3 Å². The van der Waals surface area contributed by atoms with Crippen molar-refractivity contribution in [2.45, 2.75) is 59.0 Å². The molecule has 0 spiro atoms. The summed E-state index contributed by atoms with van der Waals surface area (Å²) >= 11 is 6.03. The standard InChI is InChI=1S/C15H26ClN3O/c1-6-10(7-2)11(20)9-17-13-8-12(16)18-14(19-13)15(3,4)5/h8,10-11,20H,6-7,9H2,1-5H3,(H,17,18,19). The van der Waals surface area contributed by atoms with Gasteiger partial charge in [0.25, 0.3) is 0 Å². The zero-order valence-corrected chi connectivity index (χ0v) is 13.8. The van der Waals surface area contributed by atoms with Crippen molar-refractivity contribution in [1.82, 2.24) is 9.97 Å². The first kappa shape index (κ1) is 17.2. The Morgan fingerprint density at radius 3 is 2.35 bits per heavy atom. The molecule has 0 saturated carbocycles. The zero-order chi connectivity index (χ0) is 15.3. The van der Waals surface area contributed by atoms with Crippen LogP contribution in [0.3, 0.4) is 0 Å². The van der Waals surface area contributed by atoms with Crippen molar-refractivity contribution < 1.29 is 5.11 Å². The molecule has 0 saturated heterocycles. The normalized spacial score (nSPS) is 13.6. The Labute approximate surface area is 127 Å². The summed E-state index contributed by atoms with van der Waals surface area (Å²) in [6.45, 7) is 10.8. The molecule has 0 amide bonds. The molecular weight excluding hydrogens is 274 g/mol. The molecular formula is C15H26ClN3O. The van der Waals surface area contributed by atoms with Crippen LogP contribution in [-0.4, -0.2) is 27.7 Å². The first-order valence-corrected chi connectivity index (χ1v) is 7.62. The lowest BCUT2D eigenvalue weighted by atomic mass is 9.95. The summed E-state index contributed by atoms with van der Waals surface area (Å²) in [5, 5.41) is 13.7. The van der Waals surface area contributed by atoms with Crippen LogP contribution in [0.25, 0.3) is 0 Å². The van der Waals surface area contributed by atoms with Gasteiger partial charge < -0.3 is 10.4 Å². The van der Waals surface area contributed by atoms with Crippen LogP contribution in [0.4, 0.5) is 5.82 Å². The largest absolute Gasteiger partial charge is 0.391 e. The molecule has 20 heavy (non-hydrogen) atoms. The van der Waals surface area contributed by atoms with Crippen LogP contribution >= 0.6 is 11.6 Å². The van der Waals surface area contributed by atoms with Crippen LogP contribution in [0.2, 0.25) is 5.15 Å². The van der Waals surface area contributed by atoms with Gasteiger partial charge in [-0.25, -0.2) is 9.97 Å². The van der Waals surface area contributed by atoms with Gasteiger partial charge >= 0.3 is 0 Å². The van der Waals surface area contributed by atoms with Gasteiger partial charge in [-0.2, -0.15) is 0 Å². The molecule has 0 fully saturated rings. The molecule has 114 valence electrons. The van der Waals surface area contributed by atoms with Crippen LogP contribution in [0.15, 0.2) is 6.07 Å². The number of aliphatic hydroxyl groups is 1. The highest BCUT2D eigenvalue weighted by molar-refractivity contribution is 6.29. The monoisotopic (exact) mass is 299 g/mol. The zero-order valence-electron chi connectivity index (χ0n) is 13.1. The maximum absolute atomic E-state index is 10.1. The van der Waals surface area contributed by atoms with E-state index >= 15 is 0 Å². The molecule has 4 nitrogen and oxygen atoms in total. The third-order valence-corrected chi connectivity index (χ3v) is 3.64. The Kier molecular flexibility index (Phi) is 6.21. The second kappa shape index (κ2) is 7.23. The first-order chi connectivity index (χ1) is 9.27. The Hall–Kier alpha value is -0.870. The minimum Gasteiger partial charge on any atom is -0.391 e. The van der Waals surface area contributed by atoms with Crippen LogP contribution < -0.4 is 5.32 Å². The predicted molar refractivity (Wildman–Crippen MR) is 84.3 cm³/mol.